The molecular weight excluding hydrogens is 460 g/mol. The standard InChI is InChI=1S/C25H21ClN2O4S/c1-15-6-5-9-19(29)23(15)27-25-28-24(30)22(33-25)13-16-10-11-20(21(12-16)31-2)32-14-17-7-3-4-8-18(17)26/h3-13,29H,14H2,1-2H3,(H,27,28,30)/b22-13-. The molecule has 3 aromatic rings. The van der Waals surface area contributed by atoms with Gasteiger partial charge >= 0.3 is 0 Å². The molecule has 2 N–H and O–H groups in total. The Labute approximate surface area is 200 Å². The monoisotopic (exact) mass is 480 g/mol. The smallest absolute Gasteiger partial charge is 0.264 e. The SMILES string of the molecule is COc1cc(/C=C2\SC(=Nc3c(C)cccc3O)NC2=O)ccc1OCc1ccccc1Cl. The van der Waals surface area contributed by atoms with E-state index in [0.29, 0.717) is 38.9 Å². The van der Waals surface area contributed by atoms with Crippen molar-refractivity contribution in [3.8, 4) is 17.2 Å². The van der Waals surface area contributed by atoms with E-state index in [1.165, 1.54) is 11.8 Å². The molecule has 33 heavy (non-hydrogen) atoms. The number of nitrogens with one attached hydrogen (secondary N) is 1. The number of ether oxygens (including phenoxy) is 2. The molecule has 0 aliphatic carbocycles. The molecule has 8 heteroatoms. The maximum atomic E-state index is 12.4. The number of carbonyl (C=O) groups is 1. The lowest BCUT2D eigenvalue weighted by Crippen LogP contribution is -2.19. The maximum Gasteiger partial charge on any atom is 0.264 e. The molecule has 1 heterocycles. The number of aromatic hydroxyl groups is 1. The molecule has 1 saturated heterocycles. The van der Waals surface area contributed by atoms with Crippen LogP contribution < -0.4 is 14.8 Å². The van der Waals surface area contributed by atoms with E-state index in [1.807, 2.05) is 43.3 Å². The number of hydrogen-bond acceptors (Lipinski definition) is 6. The summed E-state index contributed by atoms with van der Waals surface area (Å²) < 4.78 is 11.4. The number of benzene rings is 3. The molecule has 0 spiro atoms. The van der Waals surface area contributed by atoms with Crippen LogP contribution >= 0.6 is 23.4 Å². The van der Waals surface area contributed by atoms with E-state index in [4.69, 9.17) is 21.1 Å². The average Bonchev–Trinajstić information content (AvgIpc) is 3.15. The second kappa shape index (κ2) is 10.0. The van der Waals surface area contributed by atoms with Crippen molar-refractivity contribution in [3.05, 3.63) is 87.3 Å². The third-order valence-corrected chi connectivity index (χ3v) is 6.19. The first-order valence-corrected chi connectivity index (χ1v) is 11.3. The summed E-state index contributed by atoms with van der Waals surface area (Å²) in [5, 5.41) is 13.8. The van der Waals surface area contributed by atoms with Gasteiger partial charge in [-0.2, -0.15) is 0 Å². The highest BCUT2D eigenvalue weighted by atomic mass is 35.5. The maximum absolute atomic E-state index is 12.4. The first kappa shape index (κ1) is 22.8. The zero-order valence-electron chi connectivity index (χ0n) is 18.0. The van der Waals surface area contributed by atoms with Crippen molar-refractivity contribution in [1.29, 1.82) is 0 Å². The van der Waals surface area contributed by atoms with Gasteiger partial charge in [0, 0.05) is 10.6 Å². The van der Waals surface area contributed by atoms with Crippen LogP contribution in [0.15, 0.2) is 70.6 Å². The number of amidine groups is 1. The van der Waals surface area contributed by atoms with Crippen LogP contribution in [0.4, 0.5) is 5.69 Å². The molecule has 1 fully saturated rings. The fraction of sp³-hybridized carbons (Fsp3) is 0.120. The van der Waals surface area contributed by atoms with Crippen LogP contribution in [-0.2, 0) is 11.4 Å². The molecule has 1 aliphatic rings. The van der Waals surface area contributed by atoms with Crippen molar-refractivity contribution < 1.29 is 19.4 Å². The predicted octanol–water partition coefficient (Wildman–Crippen LogP) is 5.83. The number of aryl methyl sites for hydroxylation is 1. The number of thioether (sulfide) groups is 1. The third kappa shape index (κ3) is 5.32. The van der Waals surface area contributed by atoms with Crippen LogP contribution in [0.5, 0.6) is 17.2 Å². The van der Waals surface area contributed by atoms with Crippen molar-refractivity contribution in [2.45, 2.75) is 13.5 Å². The van der Waals surface area contributed by atoms with Crippen LogP contribution in [-0.4, -0.2) is 23.3 Å². The van der Waals surface area contributed by atoms with Gasteiger partial charge in [-0.15, -0.1) is 0 Å². The molecule has 0 bridgehead atoms. The number of phenols is 1. The predicted molar refractivity (Wildman–Crippen MR) is 132 cm³/mol. The Morgan fingerprint density at radius 1 is 1.12 bits per heavy atom. The Morgan fingerprint density at radius 2 is 1.94 bits per heavy atom. The van der Waals surface area contributed by atoms with Crippen LogP contribution in [0, 0.1) is 6.92 Å². The van der Waals surface area contributed by atoms with E-state index in [-0.39, 0.29) is 11.7 Å². The lowest BCUT2D eigenvalue weighted by atomic mass is 10.2. The number of amides is 1. The van der Waals surface area contributed by atoms with Gasteiger partial charge in [0.15, 0.2) is 16.7 Å². The van der Waals surface area contributed by atoms with Crippen molar-refractivity contribution in [2.75, 3.05) is 7.11 Å². The third-order valence-electron chi connectivity index (χ3n) is 4.91. The minimum atomic E-state index is -0.259. The van der Waals surface area contributed by atoms with E-state index in [2.05, 4.69) is 10.3 Å². The summed E-state index contributed by atoms with van der Waals surface area (Å²) in [5.74, 6) is 0.913. The topological polar surface area (TPSA) is 80.2 Å². The normalized spacial score (nSPS) is 15.7. The molecule has 1 aliphatic heterocycles. The Balaban J connectivity index is 1.52. The Kier molecular flexibility index (Phi) is 6.91. The number of methoxy groups -OCH3 is 1. The summed E-state index contributed by atoms with van der Waals surface area (Å²) in [6, 6.07) is 18.1. The van der Waals surface area contributed by atoms with Gasteiger partial charge in [-0.05, 0) is 60.2 Å². The minimum absolute atomic E-state index is 0.0619. The number of halogens is 1. The van der Waals surface area contributed by atoms with E-state index in [9.17, 15) is 9.90 Å². The van der Waals surface area contributed by atoms with E-state index >= 15 is 0 Å². The Morgan fingerprint density at radius 3 is 2.70 bits per heavy atom. The molecule has 6 nitrogen and oxygen atoms in total. The zero-order chi connectivity index (χ0) is 23.4. The van der Waals surface area contributed by atoms with Crippen LogP contribution in [0.2, 0.25) is 5.02 Å². The van der Waals surface area contributed by atoms with Gasteiger partial charge < -0.3 is 19.9 Å². The number of aliphatic imine (C=N–C) groups is 1. The van der Waals surface area contributed by atoms with Crippen molar-refractivity contribution in [2.24, 2.45) is 4.99 Å². The second-order valence-electron chi connectivity index (χ2n) is 7.21. The van der Waals surface area contributed by atoms with Gasteiger partial charge in [-0.3, -0.25) is 4.79 Å². The molecule has 0 aromatic heterocycles. The Hall–Kier alpha value is -3.42. The van der Waals surface area contributed by atoms with E-state index < -0.39 is 0 Å². The molecule has 0 radical (unpaired) electrons. The molecule has 1 amide bonds. The summed E-state index contributed by atoms with van der Waals surface area (Å²) >= 11 is 7.40. The summed E-state index contributed by atoms with van der Waals surface area (Å²) in [6.07, 6.45) is 1.75. The first-order valence-electron chi connectivity index (χ1n) is 10.1. The number of nitrogens with zero attached hydrogens (tertiary/aromatic N) is 1. The van der Waals surface area contributed by atoms with Gasteiger partial charge in [0.1, 0.15) is 18.0 Å². The average molecular weight is 481 g/mol. The highest BCUT2D eigenvalue weighted by Gasteiger charge is 2.24. The van der Waals surface area contributed by atoms with Crippen LogP contribution in [0.25, 0.3) is 6.08 Å². The fourth-order valence-electron chi connectivity index (χ4n) is 3.19. The molecular formula is C25H21ClN2O4S. The largest absolute Gasteiger partial charge is 0.506 e. The number of phenolic OH excluding ortho intramolecular Hbond substituents is 1. The molecule has 0 unspecified atom stereocenters. The number of para-hydroxylation sites is 1. The number of carbonyl (C=O) groups excluding carboxylic acids is 1. The molecule has 168 valence electrons. The summed E-state index contributed by atoms with van der Waals surface area (Å²) in [7, 11) is 1.56. The zero-order valence-corrected chi connectivity index (χ0v) is 19.5. The second-order valence-corrected chi connectivity index (χ2v) is 8.65. The highest BCUT2D eigenvalue weighted by Crippen LogP contribution is 2.35. The highest BCUT2D eigenvalue weighted by molar-refractivity contribution is 8.18. The molecule has 0 saturated carbocycles. The molecule has 4 rings (SSSR count). The molecule has 3 aromatic carbocycles. The Bertz CT molecular complexity index is 1250. The number of rotatable bonds is 6. The lowest BCUT2D eigenvalue weighted by Gasteiger charge is -2.12. The van der Waals surface area contributed by atoms with Crippen LogP contribution in [0.3, 0.4) is 0 Å². The van der Waals surface area contributed by atoms with Gasteiger partial charge in [0.2, 0.25) is 0 Å². The summed E-state index contributed by atoms with van der Waals surface area (Å²) in [4.78, 5) is 17.3. The van der Waals surface area contributed by atoms with Gasteiger partial charge in [0.05, 0.1) is 12.0 Å². The van der Waals surface area contributed by atoms with Crippen molar-refractivity contribution >= 4 is 46.2 Å². The van der Waals surface area contributed by atoms with Gasteiger partial charge in [-0.1, -0.05) is 48.0 Å². The number of hydrogen-bond donors (Lipinski definition) is 2. The van der Waals surface area contributed by atoms with Gasteiger partial charge in [0.25, 0.3) is 5.91 Å². The van der Waals surface area contributed by atoms with Gasteiger partial charge in [-0.25, -0.2) is 4.99 Å². The first-order chi connectivity index (χ1) is 15.9. The summed E-state index contributed by atoms with van der Waals surface area (Å²) in [6.45, 7) is 2.15. The van der Waals surface area contributed by atoms with Crippen molar-refractivity contribution in [1.82, 2.24) is 5.32 Å². The van der Waals surface area contributed by atoms with Crippen molar-refractivity contribution in [3.63, 3.8) is 0 Å². The fourth-order valence-corrected chi connectivity index (χ4v) is 4.20. The lowest BCUT2D eigenvalue weighted by molar-refractivity contribution is -0.115. The van der Waals surface area contributed by atoms with Crippen LogP contribution in [0.1, 0.15) is 16.7 Å². The van der Waals surface area contributed by atoms with E-state index in [1.54, 1.807) is 37.5 Å². The minimum Gasteiger partial charge on any atom is -0.506 e. The summed E-state index contributed by atoms with van der Waals surface area (Å²) in [5.41, 5.74) is 2.89. The quantitative estimate of drug-likeness (QED) is 0.434. The van der Waals surface area contributed by atoms with E-state index in [0.717, 1.165) is 16.7 Å². The molecule has 0 atom stereocenters.